The van der Waals surface area contributed by atoms with E-state index in [4.69, 9.17) is 4.74 Å². The van der Waals surface area contributed by atoms with Crippen LogP contribution < -0.4 is 10.6 Å². The molecule has 0 aliphatic heterocycles. The summed E-state index contributed by atoms with van der Waals surface area (Å²) in [6.07, 6.45) is 0.206. The molecule has 0 bridgehead atoms. The number of benzene rings is 1. The van der Waals surface area contributed by atoms with Crippen LogP contribution in [0.3, 0.4) is 0 Å². The molecule has 0 aliphatic carbocycles. The van der Waals surface area contributed by atoms with E-state index in [9.17, 15) is 4.79 Å². The summed E-state index contributed by atoms with van der Waals surface area (Å²) in [6, 6.07) is 7.69. The first-order valence-corrected chi connectivity index (χ1v) is 5.77. The van der Waals surface area contributed by atoms with Crippen molar-refractivity contribution >= 4 is 24.0 Å². The Morgan fingerprint density at radius 1 is 1.39 bits per heavy atom. The van der Waals surface area contributed by atoms with Crippen molar-refractivity contribution in [2.45, 2.75) is 26.6 Å². The van der Waals surface area contributed by atoms with Crippen molar-refractivity contribution in [3.8, 4) is 0 Å². The summed E-state index contributed by atoms with van der Waals surface area (Å²) >= 11 is 0. The lowest BCUT2D eigenvalue weighted by Gasteiger charge is -2.09. The van der Waals surface area contributed by atoms with Gasteiger partial charge < -0.3 is 15.4 Å². The Morgan fingerprint density at radius 3 is 2.72 bits per heavy atom. The molecule has 1 aromatic rings. The van der Waals surface area contributed by atoms with Crippen LogP contribution in [0, 0.1) is 0 Å². The van der Waals surface area contributed by atoms with Gasteiger partial charge in [-0.05, 0) is 38.6 Å². The first kappa shape index (κ1) is 16.9. The van der Waals surface area contributed by atoms with Gasteiger partial charge in [-0.25, -0.2) is 0 Å². The highest BCUT2D eigenvalue weighted by molar-refractivity contribution is 5.92. The lowest BCUT2D eigenvalue weighted by Crippen LogP contribution is -2.25. The van der Waals surface area contributed by atoms with Crippen molar-refractivity contribution in [1.29, 1.82) is 0 Å². The van der Waals surface area contributed by atoms with E-state index < -0.39 is 0 Å². The Kier molecular flexibility index (Phi) is 8.37. The summed E-state index contributed by atoms with van der Waals surface area (Å²) in [6.45, 7) is 4.87. The summed E-state index contributed by atoms with van der Waals surface area (Å²) in [5.74, 6) is -0.0468. The summed E-state index contributed by atoms with van der Waals surface area (Å²) in [5, 5.41) is 5.62. The predicted molar refractivity (Wildman–Crippen MR) is 76.2 cm³/mol. The molecule has 0 saturated carbocycles. The van der Waals surface area contributed by atoms with Crippen molar-refractivity contribution < 1.29 is 9.53 Å². The van der Waals surface area contributed by atoms with E-state index in [0.29, 0.717) is 13.2 Å². The van der Waals surface area contributed by atoms with Crippen molar-refractivity contribution in [2.24, 2.45) is 0 Å². The first-order valence-electron chi connectivity index (χ1n) is 5.77. The van der Waals surface area contributed by atoms with E-state index in [-0.39, 0.29) is 24.4 Å². The zero-order valence-electron chi connectivity index (χ0n) is 11.0. The molecule has 0 atom stereocenters. The molecule has 1 aromatic carbocycles. The molecule has 1 rings (SSSR count). The molecule has 0 heterocycles. The molecular formula is C13H21ClN2O2. The molecule has 0 unspecified atom stereocenters. The third-order valence-corrected chi connectivity index (χ3v) is 2.13. The van der Waals surface area contributed by atoms with Gasteiger partial charge in [0.1, 0.15) is 0 Å². The Hall–Kier alpha value is -1.10. The van der Waals surface area contributed by atoms with E-state index >= 15 is 0 Å². The maximum Gasteiger partial charge on any atom is 0.238 e. The predicted octanol–water partition coefficient (Wildman–Crippen LogP) is 2.19. The number of rotatable bonds is 6. The number of carbonyl (C=O) groups is 1. The van der Waals surface area contributed by atoms with Crippen LogP contribution in [-0.2, 0) is 16.1 Å². The van der Waals surface area contributed by atoms with Gasteiger partial charge in [-0.3, -0.25) is 4.79 Å². The molecule has 0 saturated heterocycles. The minimum Gasteiger partial charge on any atom is -0.374 e. The Labute approximate surface area is 115 Å². The van der Waals surface area contributed by atoms with Crippen molar-refractivity contribution in [3.05, 3.63) is 29.8 Å². The highest BCUT2D eigenvalue weighted by Gasteiger charge is 2.02. The molecule has 1 amide bonds. The average Bonchev–Trinajstić information content (AvgIpc) is 2.27. The van der Waals surface area contributed by atoms with E-state index in [0.717, 1.165) is 11.3 Å². The van der Waals surface area contributed by atoms with Crippen molar-refractivity contribution in [1.82, 2.24) is 5.32 Å². The smallest absolute Gasteiger partial charge is 0.238 e. The van der Waals surface area contributed by atoms with Crippen LogP contribution in [0.25, 0.3) is 0 Å². The average molecular weight is 273 g/mol. The monoisotopic (exact) mass is 272 g/mol. The Bertz CT molecular complexity index is 370. The van der Waals surface area contributed by atoms with Gasteiger partial charge in [-0.15, -0.1) is 12.4 Å². The summed E-state index contributed by atoms with van der Waals surface area (Å²) in [4.78, 5) is 11.4. The molecule has 18 heavy (non-hydrogen) atoms. The number of hydrogen-bond acceptors (Lipinski definition) is 3. The highest BCUT2D eigenvalue weighted by Crippen LogP contribution is 2.12. The van der Waals surface area contributed by atoms with Gasteiger partial charge in [0.25, 0.3) is 0 Å². The molecule has 0 radical (unpaired) electrons. The molecule has 102 valence electrons. The van der Waals surface area contributed by atoms with Gasteiger partial charge in [-0.1, -0.05) is 12.1 Å². The number of carbonyl (C=O) groups excluding carboxylic acids is 1. The Balaban J connectivity index is 0.00000289. The van der Waals surface area contributed by atoms with Crippen LogP contribution in [0.4, 0.5) is 5.69 Å². The van der Waals surface area contributed by atoms with Gasteiger partial charge in [0.05, 0.1) is 19.3 Å². The number of hydrogen-bond donors (Lipinski definition) is 2. The van der Waals surface area contributed by atoms with Gasteiger partial charge in [-0.2, -0.15) is 0 Å². The topological polar surface area (TPSA) is 50.4 Å². The normalized spacial score (nSPS) is 10.0. The molecule has 5 heteroatoms. The van der Waals surface area contributed by atoms with Gasteiger partial charge in [0.15, 0.2) is 0 Å². The van der Waals surface area contributed by atoms with Crippen molar-refractivity contribution in [3.63, 3.8) is 0 Å². The van der Waals surface area contributed by atoms with Gasteiger partial charge in [0, 0.05) is 5.69 Å². The fourth-order valence-corrected chi connectivity index (χ4v) is 1.37. The second kappa shape index (κ2) is 8.91. The summed E-state index contributed by atoms with van der Waals surface area (Å²) < 4.78 is 5.51. The van der Waals surface area contributed by atoms with Crippen LogP contribution in [0.5, 0.6) is 0 Å². The minimum atomic E-state index is -0.0468. The molecular weight excluding hydrogens is 252 g/mol. The number of nitrogens with one attached hydrogen (secondary N) is 2. The van der Waals surface area contributed by atoms with Crippen LogP contribution in [0.1, 0.15) is 19.4 Å². The molecule has 0 spiro atoms. The minimum absolute atomic E-state index is 0. The zero-order chi connectivity index (χ0) is 12.7. The number of likely N-dealkylation sites (N-methyl/N-ethyl adjacent to an activating group) is 1. The third kappa shape index (κ3) is 6.59. The van der Waals surface area contributed by atoms with E-state index in [1.807, 2.05) is 38.1 Å². The van der Waals surface area contributed by atoms with Crippen LogP contribution in [0.2, 0.25) is 0 Å². The number of amides is 1. The fraction of sp³-hybridized carbons (Fsp3) is 0.462. The Morgan fingerprint density at radius 2 is 2.11 bits per heavy atom. The SMILES string of the molecule is CNCC(=O)Nc1cccc(COC(C)C)c1.Cl. The lowest BCUT2D eigenvalue weighted by atomic mass is 10.2. The van der Waals surface area contributed by atoms with Crippen molar-refractivity contribution in [2.75, 3.05) is 18.9 Å². The molecule has 2 N–H and O–H groups in total. The van der Waals surface area contributed by atoms with E-state index in [2.05, 4.69) is 10.6 Å². The second-order valence-electron chi connectivity index (χ2n) is 4.14. The quantitative estimate of drug-likeness (QED) is 0.835. The van der Waals surface area contributed by atoms with Crippen LogP contribution >= 0.6 is 12.4 Å². The van der Waals surface area contributed by atoms with E-state index in [1.165, 1.54) is 0 Å². The number of ether oxygens (including phenoxy) is 1. The molecule has 0 aliphatic rings. The summed E-state index contributed by atoms with van der Waals surface area (Å²) in [5.41, 5.74) is 1.86. The van der Waals surface area contributed by atoms with Gasteiger partial charge in [0.2, 0.25) is 5.91 Å². The fourth-order valence-electron chi connectivity index (χ4n) is 1.37. The molecule has 0 fully saturated rings. The number of anilines is 1. The first-order chi connectivity index (χ1) is 8.11. The maximum atomic E-state index is 11.4. The van der Waals surface area contributed by atoms with Crippen LogP contribution in [0.15, 0.2) is 24.3 Å². The zero-order valence-corrected chi connectivity index (χ0v) is 11.8. The molecule has 0 aromatic heterocycles. The lowest BCUT2D eigenvalue weighted by molar-refractivity contribution is -0.115. The van der Waals surface area contributed by atoms with Crippen LogP contribution in [-0.4, -0.2) is 25.6 Å². The summed E-state index contributed by atoms with van der Waals surface area (Å²) in [7, 11) is 1.74. The van der Waals surface area contributed by atoms with Gasteiger partial charge >= 0.3 is 0 Å². The number of halogens is 1. The second-order valence-corrected chi connectivity index (χ2v) is 4.14. The third-order valence-electron chi connectivity index (χ3n) is 2.13. The maximum absolute atomic E-state index is 11.4. The standard InChI is InChI=1S/C13H20N2O2.ClH/c1-10(2)17-9-11-5-4-6-12(7-11)15-13(16)8-14-3;/h4-7,10,14H,8-9H2,1-3H3,(H,15,16);1H. The largest absolute Gasteiger partial charge is 0.374 e. The highest BCUT2D eigenvalue weighted by atomic mass is 35.5. The molecule has 4 nitrogen and oxygen atoms in total. The van der Waals surface area contributed by atoms with E-state index in [1.54, 1.807) is 7.05 Å².